The van der Waals surface area contributed by atoms with E-state index in [0.29, 0.717) is 0 Å². The summed E-state index contributed by atoms with van der Waals surface area (Å²) >= 11 is 0. The molecule has 0 aliphatic carbocycles. The average Bonchev–Trinajstić information content (AvgIpc) is 2.25. The van der Waals surface area contributed by atoms with Crippen LogP contribution in [0.1, 0.15) is 13.3 Å². The molecule has 2 N–H and O–H groups in total. The van der Waals surface area contributed by atoms with E-state index in [2.05, 4.69) is 9.47 Å². The molecule has 0 fully saturated rings. The van der Waals surface area contributed by atoms with E-state index in [-0.39, 0.29) is 0 Å². The fraction of sp³-hybridized carbons (Fsp3) is 0.600. The van der Waals surface area contributed by atoms with Gasteiger partial charge in [0.05, 0.1) is 20.6 Å². The molecule has 0 bridgehead atoms. The van der Waals surface area contributed by atoms with E-state index < -0.39 is 41.6 Å². The largest absolute Gasteiger partial charge is 0.481 e. The fourth-order valence-corrected chi connectivity index (χ4v) is 1.51. The van der Waals surface area contributed by atoms with Gasteiger partial charge in [0.15, 0.2) is 11.5 Å². The molecule has 102 valence electrons. The predicted octanol–water partition coefficient (Wildman–Crippen LogP) is -1.26. The molecule has 0 saturated heterocycles. The standard InChI is InChI=1S/C10H14O8/c1-5(11)7(8(14)17-2)10(16,4-6(12)13)9(15)18-3/h7,16H,4H2,1-3H3,(H,12,13). The van der Waals surface area contributed by atoms with Crippen molar-refractivity contribution < 1.29 is 38.9 Å². The molecule has 0 spiro atoms. The quantitative estimate of drug-likeness (QED) is 0.448. The summed E-state index contributed by atoms with van der Waals surface area (Å²) in [6, 6.07) is 0. The van der Waals surface area contributed by atoms with Crippen molar-refractivity contribution in [1.82, 2.24) is 0 Å². The van der Waals surface area contributed by atoms with E-state index in [4.69, 9.17) is 5.11 Å². The van der Waals surface area contributed by atoms with Gasteiger partial charge in [-0.2, -0.15) is 0 Å². The lowest BCUT2D eigenvalue weighted by molar-refractivity contribution is -0.183. The Balaban J connectivity index is 5.63. The van der Waals surface area contributed by atoms with Gasteiger partial charge in [-0.1, -0.05) is 0 Å². The summed E-state index contributed by atoms with van der Waals surface area (Å²) in [4.78, 5) is 44.8. The number of esters is 2. The molecule has 0 amide bonds. The van der Waals surface area contributed by atoms with Crippen LogP contribution in [-0.2, 0) is 28.7 Å². The number of carbonyl (C=O) groups excluding carboxylic acids is 3. The Hall–Kier alpha value is -1.96. The average molecular weight is 262 g/mol. The number of methoxy groups -OCH3 is 2. The zero-order valence-corrected chi connectivity index (χ0v) is 10.1. The molecular formula is C10H14O8. The number of ketones is 1. The highest BCUT2D eigenvalue weighted by Gasteiger charge is 2.53. The molecule has 0 heterocycles. The van der Waals surface area contributed by atoms with Gasteiger partial charge in [0.2, 0.25) is 0 Å². The highest BCUT2D eigenvalue weighted by Crippen LogP contribution is 2.26. The fourth-order valence-electron chi connectivity index (χ4n) is 1.51. The van der Waals surface area contributed by atoms with Gasteiger partial charge in [0.1, 0.15) is 5.78 Å². The minimum Gasteiger partial charge on any atom is -0.481 e. The van der Waals surface area contributed by atoms with Gasteiger partial charge in [0.25, 0.3) is 0 Å². The third-order valence-corrected chi connectivity index (χ3v) is 2.28. The number of aliphatic carboxylic acids is 1. The second-order valence-electron chi connectivity index (χ2n) is 3.55. The maximum Gasteiger partial charge on any atom is 0.339 e. The van der Waals surface area contributed by atoms with Gasteiger partial charge >= 0.3 is 17.9 Å². The number of carboxylic acids is 1. The van der Waals surface area contributed by atoms with Crippen molar-refractivity contribution in [2.24, 2.45) is 5.92 Å². The summed E-state index contributed by atoms with van der Waals surface area (Å²) in [5, 5.41) is 18.7. The third kappa shape index (κ3) is 3.27. The van der Waals surface area contributed by atoms with Crippen LogP contribution < -0.4 is 0 Å². The zero-order valence-electron chi connectivity index (χ0n) is 10.1. The first-order chi connectivity index (χ1) is 8.20. The lowest BCUT2D eigenvalue weighted by atomic mass is 9.82. The number of aliphatic hydroxyl groups is 1. The van der Waals surface area contributed by atoms with Crippen LogP contribution in [0.25, 0.3) is 0 Å². The van der Waals surface area contributed by atoms with Crippen molar-refractivity contribution in [2.45, 2.75) is 18.9 Å². The lowest BCUT2D eigenvalue weighted by Crippen LogP contribution is -2.54. The van der Waals surface area contributed by atoms with Crippen molar-refractivity contribution in [1.29, 1.82) is 0 Å². The minimum absolute atomic E-state index is 0.892. The molecule has 0 rings (SSSR count). The Morgan fingerprint density at radius 3 is 1.94 bits per heavy atom. The summed E-state index contributed by atoms with van der Waals surface area (Å²) in [6.07, 6.45) is -1.15. The molecule has 0 aromatic carbocycles. The maximum atomic E-state index is 11.4. The highest BCUT2D eigenvalue weighted by atomic mass is 16.5. The molecule has 2 unspecified atom stereocenters. The summed E-state index contributed by atoms with van der Waals surface area (Å²) in [7, 11) is 1.83. The van der Waals surface area contributed by atoms with E-state index in [1.807, 2.05) is 0 Å². The predicted molar refractivity (Wildman–Crippen MR) is 55.4 cm³/mol. The van der Waals surface area contributed by atoms with E-state index >= 15 is 0 Å². The van der Waals surface area contributed by atoms with Crippen LogP contribution in [0.3, 0.4) is 0 Å². The highest BCUT2D eigenvalue weighted by molar-refractivity contribution is 6.05. The Morgan fingerprint density at radius 2 is 1.67 bits per heavy atom. The van der Waals surface area contributed by atoms with Crippen molar-refractivity contribution in [2.75, 3.05) is 14.2 Å². The van der Waals surface area contributed by atoms with Crippen LogP contribution >= 0.6 is 0 Å². The minimum atomic E-state index is -2.79. The molecule has 0 aromatic rings. The first-order valence-electron chi connectivity index (χ1n) is 4.81. The van der Waals surface area contributed by atoms with Gasteiger partial charge in [-0.25, -0.2) is 4.79 Å². The van der Waals surface area contributed by atoms with Crippen LogP contribution in [0.4, 0.5) is 0 Å². The SMILES string of the molecule is COC(=O)C(C(C)=O)C(O)(CC(=O)O)C(=O)OC. The molecule has 0 saturated carbocycles. The van der Waals surface area contributed by atoms with Crippen molar-refractivity contribution in [3.63, 3.8) is 0 Å². The summed E-state index contributed by atoms with van der Waals surface area (Å²) in [6.45, 7) is 0.928. The number of hydrogen-bond donors (Lipinski definition) is 2. The molecule has 18 heavy (non-hydrogen) atoms. The van der Waals surface area contributed by atoms with E-state index in [1.165, 1.54) is 0 Å². The molecule has 0 radical (unpaired) electrons. The van der Waals surface area contributed by atoms with Gasteiger partial charge in [0, 0.05) is 0 Å². The topological polar surface area (TPSA) is 127 Å². The number of carbonyl (C=O) groups is 4. The van der Waals surface area contributed by atoms with E-state index in [1.54, 1.807) is 0 Å². The number of Topliss-reactive ketones (excluding diaryl/α,β-unsaturated/α-hetero) is 1. The molecular weight excluding hydrogens is 248 g/mol. The molecule has 0 aliphatic rings. The number of hydrogen-bond acceptors (Lipinski definition) is 7. The lowest BCUT2D eigenvalue weighted by Gasteiger charge is -2.28. The smallest absolute Gasteiger partial charge is 0.339 e. The first kappa shape index (κ1) is 16.0. The molecule has 2 atom stereocenters. The molecule has 0 aliphatic heterocycles. The van der Waals surface area contributed by atoms with Crippen molar-refractivity contribution in [3.8, 4) is 0 Å². The number of ether oxygens (including phenoxy) is 2. The van der Waals surface area contributed by atoms with Gasteiger partial charge in [-0.3, -0.25) is 14.4 Å². The Morgan fingerprint density at radius 1 is 1.17 bits per heavy atom. The Labute approximate surface area is 102 Å². The Bertz CT molecular complexity index is 374. The summed E-state index contributed by atoms with van der Waals surface area (Å²) < 4.78 is 8.51. The first-order valence-corrected chi connectivity index (χ1v) is 4.81. The second kappa shape index (κ2) is 6.10. The van der Waals surface area contributed by atoms with Gasteiger partial charge in [-0.15, -0.1) is 0 Å². The van der Waals surface area contributed by atoms with E-state index in [9.17, 15) is 24.3 Å². The van der Waals surface area contributed by atoms with Crippen LogP contribution in [0.15, 0.2) is 0 Å². The van der Waals surface area contributed by atoms with Gasteiger partial charge in [-0.05, 0) is 6.92 Å². The van der Waals surface area contributed by atoms with Crippen molar-refractivity contribution >= 4 is 23.7 Å². The summed E-state index contributed by atoms with van der Waals surface area (Å²) in [5.74, 6) is -7.03. The Kier molecular flexibility index (Phi) is 5.44. The second-order valence-corrected chi connectivity index (χ2v) is 3.55. The van der Waals surface area contributed by atoms with Crippen LogP contribution in [0.2, 0.25) is 0 Å². The molecule has 8 heteroatoms. The van der Waals surface area contributed by atoms with Crippen LogP contribution in [0.5, 0.6) is 0 Å². The van der Waals surface area contributed by atoms with E-state index in [0.717, 1.165) is 21.1 Å². The number of rotatable bonds is 6. The molecule has 8 nitrogen and oxygen atoms in total. The monoisotopic (exact) mass is 262 g/mol. The molecule has 0 aromatic heterocycles. The summed E-state index contributed by atoms with van der Waals surface area (Å²) in [5.41, 5.74) is -2.79. The van der Waals surface area contributed by atoms with Crippen molar-refractivity contribution in [3.05, 3.63) is 0 Å². The van der Waals surface area contributed by atoms with Crippen LogP contribution in [0, 0.1) is 5.92 Å². The van der Waals surface area contributed by atoms with Gasteiger partial charge < -0.3 is 19.7 Å². The zero-order chi connectivity index (χ0) is 14.5. The maximum absolute atomic E-state index is 11.4. The van der Waals surface area contributed by atoms with Crippen LogP contribution in [-0.4, -0.2) is 53.7 Å². The third-order valence-electron chi connectivity index (χ3n) is 2.28. The normalized spacial score (nSPS) is 15.1. The number of carboxylic acid groups (broad SMARTS) is 1.